The van der Waals surface area contributed by atoms with Gasteiger partial charge in [-0.2, -0.15) is 5.26 Å². The molecule has 1 rings (SSSR count). The molecule has 1 aromatic rings. The van der Waals surface area contributed by atoms with Crippen LogP contribution < -0.4 is 0 Å². The van der Waals surface area contributed by atoms with Crippen molar-refractivity contribution in [3.05, 3.63) is 35.4 Å². The van der Waals surface area contributed by atoms with Crippen molar-refractivity contribution in [3.8, 4) is 6.07 Å². The molecule has 1 aromatic carbocycles. The van der Waals surface area contributed by atoms with Crippen molar-refractivity contribution < 1.29 is 4.79 Å². The van der Waals surface area contributed by atoms with Crippen molar-refractivity contribution in [2.45, 2.75) is 19.8 Å². The van der Waals surface area contributed by atoms with Crippen molar-refractivity contribution in [1.29, 1.82) is 5.26 Å². The number of amides is 1. The van der Waals surface area contributed by atoms with Crippen molar-refractivity contribution >= 4 is 17.5 Å². The van der Waals surface area contributed by atoms with Crippen molar-refractivity contribution in [2.24, 2.45) is 0 Å². The third-order valence-corrected chi connectivity index (χ3v) is 2.83. The summed E-state index contributed by atoms with van der Waals surface area (Å²) in [6.45, 7) is 3.33. The molecular weight excluding hydrogens is 248 g/mol. The molecule has 0 fully saturated rings. The maximum absolute atomic E-state index is 12.3. The molecule has 0 saturated carbocycles. The molecule has 0 aromatic heterocycles. The highest BCUT2D eigenvalue weighted by molar-refractivity contribution is 6.18. The zero-order chi connectivity index (χ0) is 13.4. The van der Waals surface area contributed by atoms with Crippen molar-refractivity contribution in [2.75, 3.05) is 19.0 Å². The van der Waals surface area contributed by atoms with E-state index in [0.717, 1.165) is 12.8 Å². The third kappa shape index (κ3) is 4.05. The topological polar surface area (TPSA) is 44.1 Å². The van der Waals surface area contributed by atoms with E-state index in [1.807, 2.05) is 6.07 Å². The smallest absolute Gasteiger partial charge is 0.253 e. The van der Waals surface area contributed by atoms with Crippen LogP contribution >= 0.6 is 11.6 Å². The SMILES string of the molecule is CCCCN(CCCl)C(=O)c1cccc(C#N)c1. The Labute approximate surface area is 113 Å². The predicted octanol–water partition coefficient (Wildman–Crippen LogP) is 3.04. The number of nitrogens with zero attached hydrogens (tertiary/aromatic N) is 2. The summed E-state index contributed by atoms with van der Waals surface area (Å²) in [7, 11) is 0. The Kier molecular flexibility index (Phi) is 6.24. The summed E-state index contributed by atoms with van der Waals surface area (Å²) in [6.07, 6.45) is 1.99. The van der Waals surface area contributed by atoms with Gasteiger partial charge in [0.15, 0.2) is 0 Å². The van der Waals surface area contributed by atoms with Crippen LogP contribution in [0, 0.1) is 11.3 Å². The van der Waals surface area contributed by atoms with Crippen molar-refractivity contribution in [1.82, 2.24) is 4.90 Å². The number of benzene rings is 1. The molecule has 0 atom stereocenters. The Balaban J connectivity index is 2.84. The quantitative estimate of drug-likeness (QED) is 0.742. The van der Waals surface area contributed by atoms with E-state index in [1.165, 1.54) is 0 Å². The van der Waals surface area contributed by atoms with Crippen LogP contribution in [-0.2, 0) is 0 Å². The number of alkyl halides is 1. The van der Waals surface area contributed by atoms with Crippen LogP contribution in [0.2, 0.25) is 0 Å². The number of carbonyl (C=O) groups excluding carboxylic acids is 1. The van der Waals surface area contributed by atoms with E-state index >= 15 is 0 Å². The maximum Gasteiger partial charge on any atom is 0.253 e. The number of hydrogen-bond acceptors (Lipinski definition) is 2. The first-order chi connectivity index (χ1) is 8.72. The average Bonchev–Trinajstić information content (AvgIpc) is 2.42. The minimum atomic E-state index is -0.0544. The second-order valence-corrected chi connectivity index (χ2v) is 4.41. The highest BCUT2D eigenvalue weighted by Crippen LogP contribution is 2.09. The summed E-state index contributed by atoms with van der Waals surface area (Å²) in [4.78, 5) is 14.0. The number of nitriles is 1. The molecule has 0 aliphatic carbocycles. The summed E-state index contributed by atoms with van der Waals surface area (Å²) in [5, 5.41) is 8.83. The van der Waals surface area contributed by atoms with Crippen LogP contribution in [-0.4, -0.2) is 29.8 Å². The molecule has 0 spiro atoms. The molecule has 0 N–H and O–H groups in total. The summed E-state index contributed by atoms with van der Waals surface area (Å²) in [5.41, 5.74) is 1.05. The second-order valence-electron chi connectivity index (χ2n) is 4.03. The predicted molar refractivity (Wildman–Crippen MR) is 72.7 cm³/mol. The summed E-state index contributed by atoms with van der Waals surface area (Å²) >= 11 is 5.72. The lowest BCUT2D eigenvalue weighted by Crippen LogP contribution is -2.33. The first-order valence-electron chi connectivity index (χ1n) is 6.08. The fourth-order valence-electron chi connectivity index (χ4n) is 1.67. The number of carbonyl (C=O) groups is 1. The Bertz CT molecular complexity index is 440. The molecule has 0 saturated heterocycles. The van der Waals surface area contributed by atoms with E-state index in [1.54, 1.807) is 29.2 Å². The fraction of sp³-hybridized carbons (Fsp3) is 0.429. The standard InChI is InChI=1S/C14H17ClN2O/c1-2-3-8-17(9-7-15)14(18)13-6-4-5-12(10-13)11-16/h4-6,10H,2-3,7-9H2,1H3. The van der Waals surface area contributed by atoms with E-state index in [9.17, 15) is 4.79 Å². The fourth-order valence-corrected chi connectivity index (χ4v) is 1.87. The van der Waals surface area contributed by atoms with Gasteiger partial charge in [-0.25, -0.2) is 0 Å². The molecule has 18 heavy (non-hydrogen) atoms. The van der Waals surface area contributed by atoms with Crippen LogP contribution in [0.4, 0.5) is 0 Å². The number of halogens is 1. The van der Waals surface area contributed by atoms with Gasteiger partial charge >= 0.3 is 0 Å². The number of hydrogen-bond donors (Lipinski definition) is 0. The zero-order valence-electron chi connectivity index (χ0n) is 10.5. The third-order valence-electron chi connectivity index (χ3n) is 2.66. The normalized spacial score (nSPS) is 9.83. The van der Waals surface area contributed by atoms with Gasteiger partial charge in [0.25, 0.3) is 5.91 Å². The Morgan fingerprint density at radius 3 is 2.83 bits per heavy atom. The van der Waals surface area contributed by atoms with Gasteiger partial charge in [-0.05, 0) is 24.6 Å². The van der Waals surface area contributed by atoms with Gasteiger partial charge < -0.3 is 4.90 Å². The first-order valence-corrected chi connectivity index (χ1v) is 6.61. The van der Waals surface area contributed by atoms with Crippen molar-refractivity contribution in [3.63, 3.8) is 0 Å². The summed E-state index contributed by atoms with van der Waals surface area (Å²) in [6, 6.07) is 8.81. The maximum atomic E-state index is 12.3. The molecule has 0 heterocycles. The molecule has 0 bridgehead atoms. The molecule has 96 valence electrons. The van der Waals surface area contributed by atoms with E-state index < -0.39 is 0 Å². The van der Waals surface area contributed by atoms with Gasteiger partial charge in [-0.1, -0.05) is 19.4 Å². The van der Waals surface area contributed by atoms with Gasteiger partial charge in [0.2, 0.25) is 0 Å². The zero-order valence-corrected chi connectivity index (χ0v) is 11.3. The lowest BCUT2D eigenvalue weighted by Gasteiger charge is -2.21. The monoisotopic (exact) mass is 264 g/mol. The Morgan fingerprint density at radius 2 is 2.22 bits per heavy atom. The minimum absolute atomic E-state index is 0.0544. The van der Waals surface area contributed by atoms with Gasteiger partial charge in [-0.15, -0.1) is 11.6 Å². The second kappa shape index (κ2) is 7.73. The van der Waals surface area contributed by atoms with Crippen LogP contribution in [0.15, 0.2) is 24.3 Å². The van der Waals surface area contributed by atoms with Gasteiger partial charge in [-0.3, -0.25) is 4.79 Å². The molecule has 1 amide bonds. The summed E-state index contributed by atoms with van der Waals surface area (Å²) < 4.78 is 0. The van der Waals surface area contributed by atoms with E-state index in [0.29, 0.717) is 30.1 Å². The number of unbranched alkanes of at least 4 members (excludes halogenated alkanes) is 1. The molecule has 0 aliphatic heterocycles. The van der Waals surface area contributed by atoms with E-state index in [4.69, 9.17) is 16.9 Å². The molecule has 0 aliphatic rings. The average molecular weight is 265 g/mol. The van der Waals surface area contributed by atoms with E-state index in [2.05, 4.69) is 6.92 Å². The van der Waals surface area contributed by atoms with Gasteiger partial charge in [0, 0.05) is 24.5 Å². The highest BCUT2D eigenvalue weighted by Gasteiger charge is 2.14. The lowest BCUT2D eigenvalue weighted by molar-refractivity contribution is 0.0763. The number of rotatable bonds is 6. The highest BCUT2D eigenvalue weighted by atomic mass is 35.5. The Hall–Kier alpha value is -1.53. The molecule has 0 radical (unpaired) electrons. The van der Waals surface area contributed by atoms with Gasteiger partial charge in [0.1, 0.15) is 0 Å². The molecular formula is C14H17ClN2O. The largest absolute Gasteiger partial charge is 0.337 e. The van der Waals surface area contributed by atoms with Crippen LogP contribution in [0.3, 0.4) is 0 Å². The summed E-state index contributed by atoms with van der Waals surface area (Å²) in [5.74, 6) is 0.370. The molecule has 0 unspecified atom stereocenters. The van der Waals surface area contributed by atoms with Crippen LogP contribution in [0.1, 0.15) is 35.7 Å². The first kappa shape index (κ1) is 14.5. The lowest BCUT2D eigenvalue weighted by atomic mass is 10.1. The Morgan fingerprint density at radius 1 is 1.44 bits per heavy atom. The van der Waals surface area contributed by atoms with E-state index in [-0.39, 0.29) is 5.91 Å². The van der Waals surface area contributed by atoms with Crippen LogP contribution in [0.25, 0.3) is 0 Å². The minimum Gasteiger partial charge on any atom is -0.337 e. The molecule has 4 heteroatoms. The van der Waals surface area contributed by atoms with Crippen LogP contribution in [0.5, 0.6) is 0 Å². The van der Waals surface area contributed by atoms with Gasteiger partial charge in [0.05, 0.1) is 11.6 Å². The molecule has 3 nitrogen and oxygen atoms in total.